The molecule has 2 unspecified atom stereocenters. The zero-order valence-electron chi connectivity index (χ0n) is 14.3. The molecule has 124 valence electrons. The highest BCUT2D eigenvalue weighted by Crippen LogP contribution is 2.33. The number of para-hydroxylation sites is 1. The highest BCUT2D eigenvalue weighted by Gasteiger charge is 2.33. The van der Waals surface area contributed by atoms with E-state index < -0.39 is 0 Å². The Balaban J connectivity index is 1.69. The fraction of sp³-hybridized carbons (Fsp3) is 0.400. The van der Waals surface area contributed by atoms with Crippen LogP contribution in [0.2, 0.25) is 0 Å². The molecule has 4 rings (SSSR count). The Morgan fingerprint density at radius 2 is 1.96 bits per heavy atom. The van der Waals surface area contributed by atoms with Gasteiger partial charge in [-0.05, 0) is 49.4 Å². The number of amides is 1. The van der Waals surface area contributed by atoms with Crippen LogP contribution in [0.1, 0.15) is 36.2 Å². The highest BCUT2D eigenvalue weighted by atomic mass is 16.2. The first-order valence-electron chi connectivity index (χ1n) is 8.78. The first kappa shape index (κ1) is 15.2. The molecular formula is C20H23N3O. The number of hydrogen-bond donors (Lipinski definition) is 0. The van der Waals surface area contributed by atoms with Crippen molar-refractivity contribution < 1.29 is 4.79 Å². The van der Waals surface area contributed by atoms with Gasteiger partial charge in [0.1, 0.15) is 5.82 Å². The maximum absolute atomic E-state index is 13.2. The molecule has 2 aromatic rings. The number of nitrogens with zero attached hydrogens (tertiary/aromatic N) is 3. The predicted molar refractivity (Wildman–Crippen MR) is 96.6 cm³/mol. The lowest BCUT2D eigenvalue weighted by Crippen LogP contribution is -2.34. The number of benzene rings is 1. The lowest BCUT2D eigenvalue weighted by Gasteiger charge is -2.27. The molecule has 0 N–H and O–H groups in total. The summed E-state index contributed by atoms with van der Waals surface area (Å²) in [5.74, 6) is 1.53. The first-order chi connectivity index (χ1) is 11.7. The Bertz CT molecular complexity index is 773. The van der Waals surface area contributed by atoms with Gasteiger partial charge < -0.3 is 9.80 Å². The predicted octanol–water partition coefficient (Wildman–Crippen LogP) is 3.52. The van der Waals surface area contributed by atoms with Gasteiger partial charge in [0.25, 0.3) is 5.91 Å². The third-order valence-corrected chi connectivity index (χ3v) is 5.56. The SMILES string of the molecule is CC1CCN(c2ncccc2C(=O)N2CCc3ccccc32)C1C. The largest absolute Gasteiger partial charge is 0.353 e. The average molecular weight is 321 g/mol. The van der Waals surface area contributed by atoms with E-state index in [0.717, 1.165) is 43.0 Å². The molecule has 4 heteroatoms. The number of carbonyl (C=O) groups excluding carboxylic acids is 1. The fourth-order valence-electron chi connectivity index (χ4n) is 3.88. The molecule has 1 aromatic carbocycles. The maximum Gasteiger partial charge on any atom is 0.262 e. The summed E-state index contributed by atoms with van der Waals surface area (Å²) in [5, 5.41) is 0. The van der Waals surface area contributed by atoms with Crippen LogP contribution in [-0.4, -0.2) is 30.0 Å². The van der Waals surface area contributed by atoms with E-state index in [1.54, 1.807) is 6.20 Å². The van der Waals surface area contributed by atoms with Crippen LogP contribution >= 0.6 is 0 Å². The number of anilines is 2. The molecule has 1 saturated heterocycles. The summed E-state index contributed by atoms with van der Waals surface area (Å²) >= 11 is 0. The number of rotatable bonds is 2. The van der Waals surface area contributed by atoms with Gasteiger partial charge in [-0.25, -0.2) is 4.98 Å². The van der Waals surface area contributed by atoms with Crippen molar-refractivity contribution in [3.63, 3.8) is 0 Å². The second-order valence-corrected chi connectivity index (χ2v) is 6.91. The first-order valence-corrected chi connectivity index (χ1v) is 8.78. The Hall–Kier alpha value is -2.36. The van der Waals surface area contributed by atoms with Gasteiger partial charge in [-0.3, -0.25) is 4.79 Å². The van der Waals surface area contributed by atoms with Gasteiger partial charge in [0, 0.05) is 31.0 Å². The zero-order valence-corrected chi connectivity index (χ0v) is 14.3. The fourth-order valence-corrected chi connectivity index (χ4v) is 3.88. The van der Waals surface area contributed by atoms with Crippen LogP contribution < -0.4 is 9.80 Å². The molecule has 4 nitrogen and oxygen atoms in total. The van der Waals surface area contributed by atoms with Gasteiger partial charge in [-0.2, -0.15) is 0 Å². The Morgan fingerprint density at radius 1 is 1.12 bits per heavy atom. The van der Waals surface area contributed by atoms with Crippen molar-refractivity contribution >= 4 is 17.4 Å². The maximum atomic E-state index is 13.2. The average Bonchev–Trinajstić information content (AvgIpc) is 3.19. The third kappa shape index (κ3) is 2.37. The van der Waals surface area contributed by atoms with E-state index in [4.69, 9.17) is 0 Å². The molecule has 3 heterocycles. The van der Waals surface area contributed by atoms with Crippen LogP contribution in [0.4, 0.5) is 11.5 Å². The molecule has 2 aliphatic heterocycles. The van der Waals surface area contributed by atoms with E-state index in [0.29, 0.717) is 12.0 Å². The third-order valence-electron chi connectivity index (χ3n) is 5.56. The van der Waals surface area contributed by atoms with E-state index in [2.05, 4.69) is 29.8 Å². The number of carbonyl (C=O) groups is 1. The summed E-state index contributed by atoms with van der Waals surface area (Å²) in [6.07, 6.45) is 3.87. The summed E-state index contributed by atoms with van der Waals surface area (Å²) in [4.78, 5) is 22.0. The van der Waals surface area contributed by atoms with Gasteiger partial charge in [-0.15, -0.1) is 0 Å². The van der Waals surface area contributed by atoms with E-state index in [1.165, 1.54) is 5.56 Å². The van der Waals surface area contributed by atoms with E-state index in [9.17, 15) is 4.79 Å². The van der Waals surface area contributed by atoms with Gasteiger partial charge >= 0.3 is 0 Å². The molecule has 2 atom stereocenters. The number of aromatic nitrogens is 1. The van der Waals surface area contributed by atoms with Crippen LogP contribution in [0.25, 0.3) is 0 Å². The molecule has 2 aliphatic rings. The van der Waals surface area contributed by atoms with Crippen molar-refractivity contribution in [2.24, 2.45) is 5.92 Å². The number of fused-ring (bicyclic) bond motifs is 1. The standard InChI is InChI=1S/C20H23N3O/c1-14-9-12-22(15(14)2)19-17(7-5-11-21-19)20(24)23-13-10-16-6-3-4-8-18(16)23/h3-8,11,14-15H,9-10,12-13H2,1-2H3. The minimum absolute atomic E-state index is 0.0646. The van der Waals surface area contributed by atoms with Crippen LogP contribution in [0.3, 0.4) is 0 Å². The highest BCUT2D eigenvalue weighted by molar-refractivity contribution is 6.10. The van der Waals surface area contributed by atoms with Crippen molar-refractivity contribution in [2.75, 3.05) is 22.9 Å². The van der Waals surface area contributed by atoms with Gasteiger partial charge in [0.2, 0.25) is 0 Å². The quantitative estimate of drug-likeness (QED) is 0.849. The summed E-state index contributed by atoms with van der Waals surface area (Å²) in [6.45, 7) is 6.21. The molecule has 24 heavy (non-hydrogen) atoms. The van der Waals surface area contributed by atoms with Crippen LogP contribution in [-0.2, 0) is 6.42 Å². The van der Waals surface area contributed by atoms with Crippen molar-refractivity contribution in [3.05, 3.63) is 53.7 Å². The van der Waals surface area contributed by atoms with Gasteiger partial charge in [0.05, 0.1) is 5.56 Å². The molecule has 0 aliphatic carbocycles. The number of hydrogen-bond acceptors (Lipinski definition) is 3. The van der Waals surface area contributed by atoms with Crippen molar-refractivity contribution in [3.8, 4) is 0 Å². The van der Waals surface area contributed by atoms with Crippen molar-refractivity contribution in [1.29, 1.82) is 0 Å². The van der Waals surface area contributed by atoms with Gasteiger partial charge in [-0.1, -0.05) is 25.1 Å². The van der Waals surface area contributed by atoms with Crippen LogP contribution in [0.15, 0.2) is 42.6 Å². The molecule has 0 radical (unpaired) electrons. The minimum atomic E-state index is 0.0646. The van der Waals surface area contributed by atoms with Gasteiger partial charge in [0.15, 0.2) is 0 Å². The van der Waals surface area contributed by atoms with Crippen molar-refractivity contribution in [2.45, 2.75) is 32.7 Å². The minimum Gasteiger partial charge on any atom is -0.353 e. The van der Waals surface area contributed by atoms with E-state index >= 15 is 0 Å². The second kappa shape index (κ2) is 5.93. The smallest absolute Gasteiger partial charge is 0.262 e. The molecule has 0 saturated carbocycles. The van der Waals surface area contributed by atoms with Crippen LogP contribution in [0, 0.1) is 5.92 Å². The number of pyridine rings is 1. The summed E-state index contributed by atoms with van der Waals surface area (Å²) < 4.78 is 0. The summed E-state index contributed by atoms with van der Waals surface area (Å²) in [7, 11) is 0. The molecule has 1 aromatic heterocycles. The van der Waals surface area contributed by atoms with Crippen molar-refractivity contribution in [1.82, 2.24) is 4.98 Å². The monoisotopic (exact) mass is 321 g/mol. The molecular weight excluding hydrogens is 298 g/mol. The Morgan fingerprint density at radius 3 is 2.75 bits per heavy atom. The molecule has 1 amide bonds. The van der Waals surface area contributed by atoms with E-state index in [-0.39, 0.29) is 5.91 Å². The summed E-state index contributed by atoms with van der Waals surface area (Å²) in [6, 6.07) is 12.4. The van der Waals surface area contributed by atoms with E-state index in [1.807, 2.05) is 35.2 Å². The lowest BCUT2D eigenvalue weighted by atomic mass is 10.1. The zero-order chi connectivity index (χ0) is 16.7. The van der Waals surface area contributed by atoms with Crippen LogP contribution in [0.5, 0.6) is 0 Å². The Labute approximate surface area is 143 Å². The normalized spacial score (nSPS) is 22.8. The molecule has 0 spiro atoms. The lowest BCUT2D eigenvalue weighted by molar-refractivity contribution is 0.0989. The molecule has 0 bridgehead atoms. The topological polar surface area (TPSA) is 36.4 Å². The molecule has 1 fully saturated rings. The summed E-state index contributed by atoms with van der Waals surface area (Å²) in [5.41, 5.74) is 3.01. The Kier molecular flexibility index (Phi) is 3.75. The second-order valence-electron chi connectivity index (χ2n) is 6.91.